The molecule has 3 rings (SSSR count). The van der Waals surface area contributed by atoms with Crippen LogP contribution < -0.4 is 10.6 Å². The third kappa shape index (κ3) is 5.90. The number of phenols is 1. The summed E-state index contributed by atoms with van der Waals surface area (Å²) < 4.78 is 0. The van der Waals surface area contributed by atoms with E-state index in [9.17, 15) is 9.90 Å². The Labute approximate surface area is 176 Å². The molecule has 0 unspecified atom stereocenters. The van der Waals surface area contributed by atoms with Gasteiger partial charge in [0.1, 0.15) is 5.75 Å². The summed E-state index contributed by atoms with van der Waals surface area (Å²) in [4.78, 5) is 10.8. The average molecular weight is 413 g/mol. The van der Waals surface area contributed by atoms with E-state index in [1.54, 1.807) is 36.4 Å². The molecule has 0 amide bonds. The van der Waals surface area contributed by atoms with Crippen LogP contribution in [-0.4, -0.2) is 22.7 Å². The Bertz CT molecular complexity index is 932. The standard InChI is InChI=1S/C21H19ClN2O3.C2H6/c22-12-19(24-16-3-2-10-23-13-16)18-5-1-4-17(21(18)27)15-8-6-14(7-9-15)11-20(25)26;1-2/h1-10,12,23-24,27H,11,13H2,(H,25,26);1-2H3/b19-12+;. The van der Waals surface area contributed by atoms with E-state index in [2.05, 4.69) is 10.6 Å². The quantitative estimate of drug-likeness (QED) is 0.545. The molecule has 6 heteroatoms. The zero-order chi connectivity index (χ0) is 21.2. The fourth-order valence-electron chi connectivity index (χ4n) is 2.84. The number of rotatable bonds is 6. The topological polar surface area (TPSA) is 81.6 Å². The lowest BCUT2D eigenvalue weighted by Gasteiger charge is -2.18. The first-order chi connectivity index (χ1) is 14.1. The maximum atomic E-state index is 10.8. The molecule has 0 fully saturated rings. The Morgan fingerprint density at radius 3 is 2.52 bits per heavy atom. The molecule has 0 radical (unpaired) electrons. The molecule has 0 saturated carbocycles. The van der Waals surface area contributed by atoms with Crippen LogP contribution in [0, 0.1) is 0 Å². The number of aromatic hydroxyl groups is 1. The van der Waals surface area contributed by atoms with Gasteiger partial charge in [-0.3, -0.25) is 4.79 Å². The van der Waals surface area contributed by atoms with E-state index in [1.807, 2.05) is 38.3 Å². The molecule has 1 aliphatic heterocycles. The highest BCUT2D eigenvalue weighted by atomic mass is 35.5. The number of hydrogen-bond donors (Lipinski definition) is 4. The van der Waals surface area contributed by atoms with Crippen molar-refractivity contribution in [3.8, 4) is 16.9 Å². The van der Waals surface area contributed by atoms with Crippen LogP contribution in [0.5, 0.6) is 5.75 Å². The molecule has 4 N–H and O–H groups in total. The maximum absolute atomic E-state index is 10.8. The van der Waals surface area contributed by atoms with Gasteiger partial charge in [-0.1, -0.05) is 61.8 Å². The first-order valence-corrected chi connectivity index (χ1v) is 9.82. The number of allylic oxidation sites excluding steroid dienone is 2. The average Bonchev–Trinajstić information content (AvgIpc) is 2.75. The molecule has 0 aliphatic carbocycles. The van der Waals surface area contributed by atoms with E-state index in [0.29, 0.717) is 28.9 Å². The van der Waals surface area contributed by atoms with Crippen molar-refractivity contribution in [2.75, 3.05) is 6.54 Å². The van der Waals surface area contributed by atoms with Gasteiger partial charge in [-0.25, -0.2) is 0 Å². The summed E-state index contributed by atoms with van der Waals surface area (Å²) in [5.74, 6) is -0.778. The van der Waals surface area contributed by atoms with E-state index in [1.165, 1.54) is 5.54 Å². The maximum Gasteiger partial charge on any atom is 0.307 e. The predicted octanol–water partition coefficient (Wildman–Crippen LogP) is 4.84. The van der Waals surface area contributed by atoms with E-state index < -0.39 is 5.97 Å². The number of carboxylic acid groups (broad SMARTS) is 1. The van der Waals surface area contributed by atoms with Gasteiger partial charge < -0.3 is 20.8 Å². The summed E-state index contributed by atoms with van der Waals surface area (Å²) in [5, 5.41) is 26.0. The number of para-hydroxylation sites is 1. The van der Waals surface area contributed by atoms with Gasteiger partial charge in [-0.2, -0.15) is 0 Å². The van der Waals surface area contributed by atoms with Crippen LogP contribution in [0.1, 0.15) is 25.0 Å². The van der Waals surface area contributed by atoms with Gasteiger partial charge in [0.15, 0.2) is 0 Å². The van der Waals surface area contributed by atoms with Crippen molar-refractivity contribution in [3.63, 3.8) is 0 Å². The van der Waals surface area contributed by atoms with Crippen molar-refractivity contribution in [2.45, 2.75) is 20.3 Å². The molecule has 2 aromatic rings. The van der Waals surface area contributed by atoms with E-state index in [0.717, 1.165) is 11.3 Å². The molecule has 1 heterocycles. The largest absolute Gasteiger partial charge is 0.507 e. The Morgan fingerprint density at radius 1 is 1.21 bits per heavy atom. The Balaban J connectivity index is 0.00000145. The van der Waals surface area contributed by atoms with Crippen molar-refractivity contribution in [1.29, 1.82) is 0 Å². The second-order valence-electron chi connectivity index (χ2n) is 6.05. The number of carbonyl (C=O) groups is 1. The van der Waals surface area contributed by atoms with Crippen LogP contribution in [-0.2, 0) is 11.2 Å². The lowest BCUT2D eigenvalue weighted by Crippen LogP contribution is -2.23. The monoisotopic (exact) mass is 412 g/mol. The SMILES string of the molecule is CC.O=C(O)Cc1ccc(-c2cccc(/C(=C\Cl)NC3=CC=CNC3)c2O)cc1. The van der Waals surface area contributed by atoms with Gasteiger partial charge in [-0.05, 0) is 35.5 Å². The highest BCUT2D eigenvalue weighted by molar-refractivity contribution is 6.28. The van der Waals surface area contributed by atoms with Gasteiger partial charge in [0.25, 0.3) is 0 Å². The van der Waals surface area contributed by atoms with Gasteiger partial charge in [0, 0.05) is 22.4 Å². The molecule has 0 saturated heterocycles. The van der Waals surface area contributed by atoms with Crippen molar-refractivity contribution in [3.05, 3.63) is 83.2 Å². The molecule has 2 aromatic carbocycles. The van der Waals surface area contributed by atoms with Crippen molar-refractivity contribution < 1.29 is 15.0 Å². The molecule has 0 spiro atoms. The second-order valence-corrected chi connectivity index (χ2v) is 6.27. The van der Waals surface area contributed by atoms with Crippen LogP contribution >= 0.6 is 11.6 Å². The first-order valence-electron chi connectivity index (χ1n) is 9.38. The molecular weight excluding hydrogens is 388 g/mol. The Morgan fingerprint density at radius 2 is 1.93 bits per heavy atom. The number of hydrogen-bond acceptors (Lipinski definition) is 4. The summed E-state index contributed by atoms with van der Waals surface area (Å²) in [6.45, 7) is 4.64. The summed E-state index contributed by atoms with van der Waals surface area (Å²) in [5.41, 5.74) is 5.62. The minimum Gasteiger partial charge on any atom is -0.507 e. The van der Waals surface area contributed by atoms with Crippen LogP contribution in [0.2, 0.25) is 0 Å². The van der Waals surface area contributed by atoms with Crippen molar-refractivity contribution >= 4 is 23.3 Å². The van der Waals surface area contributed by atoms with Gasteiger partial charge in [-0.15, -0.1) is 0 Å². The smallest absolute Gasteiger partial charge is 0.307 e. The summed E-state index contributed by atoms with van der Waals surface area (Å²) >= 11 is 6.00. The zero-order valence-corrected chi connectivity index (χ0v) is 17.2. The highest BCUT2D eigenvalue weighted by Gasteiger charge is 2.14. The predicted molar refractivity (Wildman–Crippen MR) is 118 cm³/mol. The minimum absolute atomic E-state index is 0.0348. The molecule has 29 heavy (non-hydrogen) atoms. The number of benzene rings is 2. The van der Waals surface area contributed by atoms with Crippen LogP contribution in [0.15, 0.2) is 72.0 Å². The third-order valence-corrected chi connectivity index (χ3v) is 4.37. The first kappa shape index (κ1) is 22.1. The normalized spacial score (nSPS) is 12.9. The molecule has 5 nitrogen and oxygen atoms in total. The lowest BCUT2D eigenvalue weighted by molar-refractivity contribution is -0.136. The molecular formula is C23H25ClN2O3. The van der Waals surface area contributed by atoms with Crippen molar-refractivity contribution in [2.24, 2.45) is 0 Å². The molecule has 0 atom stereocenters. The molecule has 0 bridgehead atoms. The number of carboxylic acids is 1. The third-order valence-electron chi connectivity index (χ3n) is 4.15. The lowest BCUT2D eigenvalue weighted by atomic mass is 9.98. The molecule has 0 aromatic heterocycles. The number of phenolic OH excluding ortho intramolecular Hbond substituents is 1. The fourth-order valence-corrected chi connectivity index (χ4v) is 3.02. The number of nitrogens with one attached hydrogen (secondary N) is 2. The highest BCUT2D eigenvalue weighted by Crippen LogP contribution is 2.35. The second kappa shape index (κ2) is 11.0. The van der Waals surface area contributed by atoms with Gasteiger partial charge >= 0.3 is 5.97 Å². The van der Waals surface area contributed by atoms with Crippen LogP contribution in [0.25, 0.3) is 16.8 Å². The summed E-state index contributed by atoms with van der Waals surface area (Å²) in [7, 11) is 0. The fraction of sp³-hybridized carbons (Fsp3) is 0.174. The molecule has 152 valence electrons. The van der Waals surface area contributed by atoms with E-state index in [4.69, 9.17) is 16.7 Å². The van der Waals surface area contributed by atoms with Crippen LogP contribution in [0.3, 0.4) is 0 Å². The number of dihydropyridines is 1. The Hall–Kier alpha value is -3.18. The van der Waals surface area contributed by atoms with E-state index >= 15 is 0 Å². The summed E-state index contributed by atoms with van der Waals surface area (Å²) in [6.07, 6.45) is 5.62. The van der Waals surface area contributed by atoms with Crippen molar-refractivity contribution in [1.82, 2.24) is 10.6 Å². The minimum atomic E-state index is -0.878. The number of halogens is 1. The zero-order valence-electron chi connectivity index (χ0n) is 16.4. The van der Waals surface area contributed by atoms with Gasteiger partial charge in [0.2, 0.25) is 0 Å². The van der Waals surface area contributed by atoms with Crippen LogP contribution in [0.4, 0.5) is 0 Å². The molecule has 1 aliphatic rings. The Kier molecular flexibility index (Phi) is 8.37. The van der Waals surface area contributed by atoms with E-state index in [-0.39, 0.29) is 12.2 Å². The number of aliphatic carboxylic acids is 1. The van der Waals surface area contributed by atoms with Gasteiger partial charge in [0.05, 0.1) is 18.7 Å². The summed E-state index contributed by atoms with van der Waals surface area (Å²) in [6, 6.07) is 12.5.